The van der Waals surface area contributed by atoms with E-state index >= 15 is 0 Å². The lowest BCUT2D eigenvalue weighted by Gasteiger charge is -2.46. The second kappa shape index (κ2) is 12.0. The van der Waals surface area contributed by atoms with Crippen LogP contribution in [0.25, 0.3) is 0 Å². The Kier molecular flexibility index (Phi) is 9.32. The Morgan fingerprint density at radius 1 is 0.927 bits per heavy atom. The van der Waals surface area contributed by atoms with Crippen LogP contribution >= 0.6 is 0 Å². The Labute approximate surface area is 249 Å². The maximum absolute atomic E-state index is 12.5. The Morgan fingerprint density at radius 3 is 2.00 bits per heavy atom. The minimum absolute atomic E-state index is 0.0315. The molecule has 2 saturated heterocycles. The lowest BCUT2D eigenvalue weighted by atomic mass is 9.87. The van der Waals surface area contributed by atoms with Gasteiger partial charge in [-0.15, -0.1) is 0 Å². The summed E-state index contributed by atoms with van der Waals surface area (Å²) < 4.78 is 31.7. The normalized spacial score (nSPS) is 24.4. The fourth-order valence-corrected chi connectivity index (χ4v) is 12.1. The van der Waals surface area contributed by atoms with Crippen LogP contribution in [-0.2, 0) is 23.1 Å². The summed E-state index contributed by atoms with van der Waals surface area (Å²) in [5.74, 6) is 0. The zero-order valence-electron chi connectivity index (χ0n) is 26.5. The van der Waals surface area contributed by atoms with E-state index in [9.17, 15) is 4.79 Å². The number of benzene rings is 2. The molecule has 41 heavy (non-hydrogen) atoms. The molecule has 0 amide bonds. The standard InChI is InChI=1S/C33H50O6Si2/c1-31(2,3)40(8,9)39-25(24-33(7)29-28(21-22-35-29)37-30(34)38-33)20-23-36-41(32(4,5)6,26-16-12-10-13-17-26)27-18-14-11-15-19-27/h10-19,25,28-29H,20-24H2,1-9H3/t25-,28+,29+,33-/m1/s1. The van der Waals surface area contributed by atoms with Gasteiger partial charge in [-0.05, 0) is 46.9 Å². The van der Waals surface area contributed by atoms with E-state index in [0.29, 0.717) is 32.5 Å². The van der Waals surface area contributed by atoms with E-state index in [-0.39, 0.29) is 28.4 Å². The van der Waals surface area contributed by atoms with Gasteiger partial charge >= 0.3 is 6.16 Å². The first-order chi connectivity index (χ1) is 19.1. The number of cyclic esters (lactones) is 1. The van der Waals surface area contributed by atoms with E-state index in [1.165, 1.54) is 10.4 Å². The molecule has 2 heterocycles. The highest BCUT2D eigenvalue weighted by molar-refractivity contribution is 6.99. The minimum Gasteiger partial charge on any atom is -0.428 e. The van der Waals surface area contributed by atoms with Crippen LogP contribution in [0.3, 0.4) is 0 Å². The average molecular weight is 599 g/mol. The zero-order chi connectivity index (χ0) is 30.1. The van der Waals surface area contributed by atoms with Crippen LogP contribution < -0.4 is 10.4 Å². The fraction of sp³-hybridized carbons (Fsp3) is 0.606. The highest BCUT2D eigenvalue weighted by Crippen LogP contribution is 2.42. The molecule has 226 valence electrons. The van der Waals surface area contributed by atoms with E-state index < -0.39 is 28.4 Å². The average Bonchev–Trinajstić information content (AvgIpc) is 3.35. The van der Waals surface area contributed by atoms with Gasteiger partial charge in [-0.25, -0.2) is 4.79 Å². The summed E-state index contributed by atoms with van der Waals surface area (Å²) in [5.41, 5.74) is -0.832. The predicted octanol–water partition coefficient (Wildman–Crippen LogP) is 6.82. The third-order valence-electron chi connectivity index (χ3n) is 9.28. The van der Waals surface area contributed by atoms with E-state index in [1.807, 2.05) is 6.92 Å². The summed E-state index contributed by atoms with van der Waals surface area (Å²) in [4.78, 5) is 12.5. The lowest BCUT2D eigenvalue weighted by molar-refractivity contribution is -0.180. The Balaban J connectivity index is 1.65. The highest BCUT2D eigenvalue weighted by atomic mass is 28.4. The molecule has 0 aromatic heterocycles. The van der Waals surface area contributed by atoms with Crippen molar-refractivity contribution in [3.05, 3.63) is 60.7 Å². The van der Waals surface area contributed by atoms with Crippen LogP contribution in [0.15, 0.2) is 60.7 Å². The Hall–Kier alpha value is -1.98. The van der Waals surface area contributed by atoms with E-state index in [0.717, 1.165) is 0 Å². The van der Waals surface area contributed by atoms with Gasteiger partial charge in [-0.2, -0.15) is 0 Å². The molecule has 0 saturated carbocycles. The van der Waals surface area contributed by atoms with Crippen molar-refractivity contribution in [2.75, 3.05) is 13.2 Å². The lowest BCUT2D eigenvalue weighted by Crippen LogP contribution is -2.66. The molecule has 8 heteroatoms. The maximum atomic E-state index is 12.5. The maximum Gasteiger partial charge on any atom is 0.509 e. The Bertz CT molecular complexity index is 1120. The van der Waals surface area contributed by atoms with Crippen LogP contribution in [0.5, 0.6) is 0 Å². The van der Waals surface area contributed by atoms with Crippen LogP contribution in [0.2, 0.25) is 23.2 Å². The molecule has 4 rings (SSSR count). The molecule has 0 N–H and O–H groups in total. The zero-order valence-corrected chi connectivity index (χ0v) is 28.5. The van der Waals surface area contributed by atoms with Crippen LogP contribution in [0.1, 0.15) is 67.7 Å². The number of carbonyl (C=O) groups is 1. The van der Waals surface area contributed by atoms with Crippen molar-refractivity contribution < 1.29 is 27.9 Å². The molecule has 2 aromatic carbocycles. The van der Waals surface area contributed by atoms with Crippen molar-refractivity contribution in [3.63, 3.8) is 0 Å². The molecule has 6 nitrogen and oxygen atoms in total. The predicted molar refractivity (Wildman–Crippen MR) is 169 cm³/mol. The molecular formula is C33H50O6Si2. The molecule has 0 radical (unpaired) electrons. The quantitative estimate of drug-likeness (QED) is 0.221. The molecular weight excluding hydrogens is 549 g/mol. The summed E-state index contributed by atoms with van der Waals surface area (Å²) in [6.07, 6.45) is 0.540. The second-order valence-corrected chi connectivity index (χ2v) is 23.5. The van der Waals surface area contributed by atoms with Gasteiger partial charge in [0.05, 0.1) is 12.7 Å². The van der Waals surface area contributed by atoms with Gasteiger partial charge < -0.3 is 23.1 Å². The first-order valence-electron chi connectivity index (χ1n) is 15.0. The van der Waals surface area contributed by atoms with Gasteiger partial charge in [0.1, 0.15) is 17.8 Å². The van der Waals surface area contributed by atoms with Crippen molar-refractivity contribution in [1.29, 1.82) is 0 Å². The summed E-state index contributed by atoms with van der Waals surface area (Å²) in [5, 5.41) is 2.43. The first kappa shape index (κ1) is 31.9. The molecule has 0 spiro atoms. The minimum atomic E-state index is -2.69. The number of hydrogen-bond acceptors (Lipinski definition) is 6. The number of hydrogen-bond donors (Lipinski definition) is 0. The van der Waals surface area contributed by atoms with Crippen LogP contribution in [0, 0.1) is 0 Å². The van der Waals surface area contributed by atoms with Crippen molar-refractivity contribution >= 4 is 33.2 Å². The van der Waals surface area contributed by atoms with Gasteiger partial charge in [0.2, 0.25) is 0 Å². The van der Waals surface area contributed by atoms with Crippen LogP contribution in [0.4, 0.5) is 4.79 Å². The fourth-order valence-electron chi connectivity index (χ4n) is 6.17. The third kappa shape index (κ3) is 6.67. The van der Waals surface area contributed by atoms with Crippen molar-refractivity contribution in [2.24, 2.45) is 0 Å². The molecule has 0 aliphatic carbocycles. The van der Waals surface area contributed by atoms with Crippen molar-refractivity contribution in [2.45, 2.75) is 115 Å². The Morgan fingerprint density at radius 2 is 1.49 bits per heavy atom. The van der Waals surface area contributed by atoms with Gasteiger partial charge in [0.15, 0.2) is 8.32 Å². The molecule has 0 bridgehead atoms. The van der Waals surface area contributed by atoms with E-state index in [2.05, 4.69) is 115 Å². The largest absolute Gasteiger partial charge is 0.509 e. The van der Waals surface area contributed by atoms with Crippen molar-refractivity contribution in [3.8, 4) is 0 Å². The smallest absolute Gasteiger partial charge is 0.428 e. The highest BCUT2D eigenvalue weighted by Gasteiger charge is 2.54. The first-order valence-corrected chi connectivity index (χ1v) is 19.8. The third-order valence-corrected chi connectivity index (χ3v) is 18.9. The van der Waals surface area contributed by atoms with Crippen molar-refractivity contribution in [1.82, 2.24) is 0 Å². The van der Waals surface area contributed by atoms with Gasteiger partial charge in [0, 0.05) is 19.4 Å². The number of rotatable bonds is 10. The topological polar surface area (TPSA) is 63.2 Å². The number of carbonyl (C=O) groups excluding carboxylic acids is 1. The second-order valence-electron chi connectivity index (χ2n) is 14.4. The molecule has 2 aliphatic rings. The summed E-state index contributed by atoms with van der Waals surface area (Å²) in [7, 11) is -4.84. The van der Waals surface area contributed by atoms with Crippen LogP contribution in [-0.4, -0.2) is 59.9 Å². The summed E-state index contributed by atoms with van der Waals surface area (Å²) in [6.45, 7) is 21.3. The molecule has 0 unspecified atom stereocenters. The van der Waals surface area contributed by atoms with Gasteiger partial charge in [-0.3, -0.25) is 0 Å². The monoisotopic (exact) mass is 598 g/mol. The molecule has 2 fully saturated rings. The number of fused-ring (bicyclic) bond motifs is 1. The molecule has 2 aliphatic heterocycles. The molecule has 2 aromatic rings. The molecule has 4 atom stereocenters. The number of ether oxygens (including phenoxy) is 3. The summed E-state index contributed by atoms with van der Waals surface area (Å²) in [6, 6.07) is 21.4. The SMILES string of the molecule is CC(C)(C)[Si](C)(C)O[C@H](CCO[Si](c1ccccc1)(c1ccccc1)C(C)(C)C)C[C@@]1(C)OC(=O)O[C@H]2CCO[C@@H]21. The summed E-state index contributed by atoms with van der Waals surface area (Å²) >= 11 is 0. The van der Waals surface area contributed by atoms with Gasteiger partial charge in [0.25, 0.3) is 8.32 Å². The van der Waals surface area contributed by atoms with E-state index in [1.54, 1.807) is 0 Å². The van der Waals surface area contributed by atoms with E-state index in [4.69, 9.17) is 23.1 Å². The van der Waals surface area contributed by atoms with Gasteiger partial charge in [-0.1, -0.05) is 102 Å².